The lowest BCUT2D eigenvalue weighted by atomic mass is 10.1. The fourth-order valence-corrected chi connectivity index (χ4v) is 4.13. The highest BCUT2D eigenvalue weighted by Crippen LogP contribution is 2.48. The molecule has 1 atom stereocenters. The van der Waals surface area contributed by atoms with E-state index < -0.39 is 16.9 Å². The number of hydrogen-bond donors (Lipinski definition) is 0. The molecule has 0 N–H and O–H groups in total. The summed E-state index contributed by atoms with van der Waals surface area (Å²) in [5, 5.41) is 0. The van der Waals surface area contributed by atoms with Gasteiger partial charge in [-0.2, -0.15) is 0 Å². The number of para-hydroxylation sites is 1. The molecule has 4 nitrogen and oxygen atoms in total. The molecular formula is C22H17NO3S. The van der Waals surface area contributed by atoms with Gasteiger partial charge in [-0.15, -0.1) is 0 Å². The molecule has 4 rings (SSSR count). The van der Waals surface area contributed by atoms with Crippen LogP contribution in [-0.2, 0) is 14.5 Å². The molecule has 1 saturated heterocycles. The standard InChI is InChI=1S/C22H17NO3S/c1-16-12-14-19(15-13-16)27-22(17-8-4-2-5-9-17)20(24)23(21(25)26-22)18-10-6-3-7-11-18/h2-15H,1H3. The van der Waals surface area contributed by atoms with E-state index in [9.17, 15) is 9.59 Å². The Labute approximate surface area is 161 Å². The molecule has 1 fully saturated rings. The van der Waals surface area contributed by atoms with Crippen LogP contribution >= 0.6 is 11.8 Å². The van der Waals surface area contributed by atoms with Gasteiger partial charge in [0.15, 0.2) is 0 Å². The smallest absolute Gasteiger partial charge is 0.416 e. The third-order valence-electron chi connectivity index (χ3n) is 4.35. The molecule has 2 amide bonds. The summed E-state index contributed by atoms with van der Waals surface area (Å²) in [6.45, 7) is 2.00. The van der Waals surface area contributed by atoms with E-state index in [0.717, 1.165) is 15.4 Å². The Kier molecular flexibility index (Phi) is 4.46. The third-order valence-corrected chi connectivity index (χ3v) is 5.64. The molecule has 1 unspecified atom stereocenters. The lowest BCUT2D eigenvalue weighted by molar-refractivity contribution is -0.124. The van der Waals surface area contributed by atoms with Crippen LogP contribution in [-0.4, -0.2) is 12.0 Å². The second-order valence-corrected chi connectivity index (χ2v) is 7.49. The van der Waals surface area contributed by atoms with Crippen molar-refractivity contribution in [2.75, 3.05) is 4.90 Å². The number of ether oxygens (including phenoxy) is 1. The number of amides is 2. The van der Waals surface area contributed by atoms with Crippen molar-refractivity contribution in [2.24, 2.45) is 0 Å². The average molecular weight is 375 g/mol. The quantitative estimate of drug-likeness (QED) is 0.635. The highest BCUT2D eigenvalue weighted by molar-refractivity contribution is 8.01. The van der Waals surface area contributed by atoms with Crippen LogP contribution in [0.25, 0.3) is 0 Å². The van der Waals surface area contributed by atoms with Crippen molar-refractivity contribution in [1.82, 2.24) is 0 Å². The summed E-state index contributed by atoms with van der Waals surface area (Å²) in [6, 6.07) is 25.8. The van der Waals surface area contributed by atoms with Crippen molar-refractivity contribution in [2.45, 2.75) is 16.8 Å². The fraction of sp³-hybridized carbons (Fsp3) is 0.0909. The number of carbonyl (C=O) groups is 2. The summed E-state index contributed by atoms with van der Waals surface area (Å²) < 4.78 is 5.75. The molecule has 0 bridgehead atoms. The zero-order chi connectivity index (χ0) is 18.9. The summed E-state index contributed by atoms with van der Waals surface area (Å²) in [6.07, 6.45) is -0.672. The Morgan fingerprint density at radius 1 is 0.815 bits per heavy atom. The number of carbonyl (C=O) groups excluding carboxylic acids is 2. The predicted octanol–water partition coefficient (Wildman–Crippen LogP) is 5.12. The van der Waals surface area contributed by atoms with Crippen LogP contribution in [0.2, 0.25) is 0 Å². The maximum Gasteiger partial charge on any atom is 0.423 e. The Bertz CT molecular complexity index is 973. The van der Waals surface area contributed by atoms with Crippen molar-refractivity contribution in [3.63, 3.8) is 0 Å². The Morgan fingerprint density at radius 3 is 2.04 bits per heavy atom. The number of cyclic esters (lactones) is 1. The van der Waals surface area contributed by atoms with Crippen molar-refractivity contribution in [1.29, 1.82) is 0 Å². The monoisotopic (exact) mass is 375 g/mol. The van der Waals surface area contributed by atoms with Crippen molar-refractivity contribution >= 4 is 29.4 Å². The van der Waals surface area contributed by atoms with Gasteiger partial charge in [0.05, 0.1) is 5.69 Å². The number of rotatable bonds is 4. The number of hydrogen-bond acceptors (Lipinski definition) is 4. The third kappa shape index (κ3) is 3.11. The Balaban J connectivity index is 1.81. The van der Waals surface area contributed by atoms with E-state index in [1.807, 2.05) is 55.5 Å². The second kappa shape index (κ2) is 6.93. The lowest BCUT2D eigenvalue weighted by Gasteiger charge is -2.25. The molecule has 27 heavy (non-hydrogen) atoms. The number of imide groups is 1. The maximum atomic E-state index is 13.5. The van der Waals surface area contributed by atoms with Gasteiger partial charge in [-0.3, -0.25) is 4.79 Å². The van der Waals surface area contributed by atoms with Crippen LogP contribution < -0.4 is 4.90 Å². The first-order valence-electron chi connectivity index (χ1n) is 8.54. The Morgan fingerprint density at radius 2 is 1.41 bits per heavy atom. The van der Waals surface area contributed by atoms with E-state index in [1.54, 1.807) is 36.4 Å². The summed E-state index contributed by atoms with van der Waals surface area (Å²) >= 11 is 1.24. The van der Waals surface area contributed by atoms with Crippen LogP contribution in [0.4, 0.5) is 10.5 Å². The van der Waals surface area contributed by atoms with E-state index in [-0.39, 0.29) is 0 Å². The molecule has 0 aromatic heterocycles. The van der Waals surface area contributed by atoms with Gasteiger partial charge in [0.1, 0.15) is 0 Å². The van der Waals surface area contributed by atoms with E-state index in [2.05, 4.69) is 0 Å². The molecular weight excluding hydrogens is 358 g/mol. The normalized spacial score (nSPS) is 19.2. The predicted molar refractivity (Wildman–Crippen MR) is 106 cm³/mol. The highest BCUT2D eigenvalue weighted by atomic mass is 32.2. The zero-order valence-electron chi connectivity index (χ0n) is 14.7. The minimum Gasteiger partial charge on any atom is -0.416 e. The molecule has 1 aliphatic rings. The minimum atomic E-state index is -1.45. The molecule has 3 aromatic rings. The van der Waals surface area contributed by atoms with Gasteiger partial charge >= 0.3 is 6.09 Å². The SMILES string of the molecule is Cc1ccc(SC2(c3ccccc3)OC(=O)N(c3ccccc3)C2=O)cc1. The lowest BCUT2D eigenvalue weighted by Crippen LogP contribution is -2.36. The highest BCUT2D eigenvalue weighted by Gasteiger charge is 2.56. The van der Waals surface area contributed by atoms with E-state index in [0.29, 0.717) is 11.3 Å². The molecule has 5 heteroatoms. The van der Waals surface area contributed by atoms with E-state index in [4.69, 9.17) is 4.74 Å². The number of benzene rings is 3. The van der Waals surface area contributed by atoms with Crippen LogP contribution in [0.3, 0.4) is 0 Å². The zero-order valence-corrected chi connectivity index (χ0v) is 15.5. The van der Waals surface area contributed by atoms with Crippen LogP contribution in [0, 0.1) is 6.92 Å². The molecule has 0 radical (unpaired) electrons. The van der Waals surface area contributed by atoms with Crippen LogP contribution in [0.1, 0.15) is 11.1 Å². The number of aryl methyl sites for hydroxylation is 1. The van der Waals surface area contributed by atoms with Gasteiger partial charge in [-0.1, -0.05) is 78.0 Å². The number of anilines is 1. The van der Waals surface area contributed by atoms with Gasteiger partial charge in [-0.25, -0.2) is 9.69 Å². The molecule has 0 spiro atoms. The van der Waals surface area contributed by atoms with Gasteiger partial charge in [-0.05, 0) is 31.2 Å². The summed E-state index contributed by atoms with van der Waals surface area (Å²) in [7, 11) is 0. The van der Waals surface area contributed by atoms with Crippen molar-refractivity contribution in [3.05, 3.63) is 96.1 Å². The van der Waals surface area contributed by atoms with Gasteiger partial charge in [0.25, 0.3) is 10.8 Å². The first-order chi connectivity index (χ1) is 13.1. The van der Waals surface area contributed by atoms with Crippen LogP contribution in [0.15, 0.2) is 89.8 Å². The van der Waals surface area contributed by atoms with Crippen LogP contribution in [0.5, 0.6) is 0 Å². The summed E-state index contributed by atoms with van der Waals surface area (Å²) in [5.74, 6) is -0.407. The fourth-order valence-electron chi connectivity index (χ4n) is 2.98. The Hall–Kier alpha value is -3.05. The second-order valence-electron chi connectivity index (χ2n) is 6.24. The topological polar surface area (TPSA) is 46.6 Å². The molecule has 0 saturated carbocycles. The van der Waals surface area contributed by atoms with Crippen molar-refractivity contribution in [3.8, 4) is 0 Å². The molecule has 1 heterocycles. The first-order valence-corrected chi connectivity index (χ1v) is 9.35. The van der Waals surface area contributed by atoms with Crippen molar-refractivity contribution < 1.29 is 14.3 Å². The van der Waals surface area contributed by atoms with E-state index >= 15 is 0 Å². The van der Waals surface area contributed by atoms with Gasteiger partial charge < -0.3 is 4.74 Å². The number of nitrogens with zero attached hydrogens (tertiary/aromatic N) is 1. The summed E-state index contributed by atoms with van der Waals surface area (Å²) in [5.41, 5.74) is 2.25. The van der Waals surface area contributed by atoms with Gasteiger partial charge in [0, 0.05) is 10.5 Å². The van der Waals surface area contributed by atoms with E-state index in [1.165, 1.54) is 11.8 Å². The molecule has 1 aliphatic heterocycles. The average Bonchev–Trinajstić information content (AvgIpc) is 2.95. The molecule has 3 aromatic carbocycles. The minimum absolute atomic E-state index is 0.407. The molecule has 134 valence electrons. The number of thioether (sulfide) groups is 1. The first kappa shape index (κ1) is 17.4. The van der Waals surface area contributed by atoms with Gasteiger partial charge in [0.2, 0.25) is 0 Å². The summed E-state index contributed by atoms with van der Waals surface area (Å²) in [4.78, 5) is 26.7. The maximum absolute atomic E-state index is 13.5. The molecule has 0 aliphatic carbocycles. The largest absolute Gasteiger partial charge is 0.423 e.